The molecule has 0 aromatic carbocycles. The van der Waals surface area contributed by atoms with Crippen LogP contribution in [0.2, 0.25) is 0 Å². The highest BCUT2D eigenvalue weighted by Crippen LogP contribution is 2.30. The number of aliphatic hydroxyl groups excluding tert-OH is 1. The molecule has 0 spiro atoms. The second-order valence-electron chi connectivity index (χ2n) is 3.48. The predicted molar refractivity (Wildman–Crippen MR) is 43.6 cm³/mol. The number of rotatable bonds is 4. The maximum atomic E-state index is 10.3. The van der Waals surface area contributed by atoms with Gasteiger partial charge in [-0.2, -0.15) is 0 Å². The van der Waals surface area contributed by atoms with Crippen LogP contribution in [0.5, 0.6) is 0 Å². The average Bonchev–Trinajstić information content (AvgIpc) is 1.94. The second-order valence-corrected chi connectivity index (χ2v) is 3.48. The van der Waals surface area contributed by atoms with Gasteiger partial charge in [0.1, 0.15) is 0 Å². The number of carbonyl (C=O) groups is 1. The minimum atomic E-state index is -1.40. The Hall–Kier alpha value is -0.610. The van der Waals surface area contributed by atoms with Crippen molar-refractivity contribution in [1.82, 2.24) is 0 Å². The molecule has 0 aliphatic heterocycles. The van der Waals surface area contributed by atoms with Crippen molar-refractivity contribution in [2.24, 2.45) is 11.7 Å². The van der Waals surface area contributed by atoms with E-state index in [9.17, 15) is 4.79 Å². The SMILES string of the molecule is NC(CC1CCC1)C(O)C(=O)O. The van der Waals surface area contributed by atoms with Crippen molar-refractivity contribution in [3.63, 3.8) is 0 Å². The van der Waals surface area contributed by atoms with Gasteiger partial charge in [-0.3, -0.25) is 0 Å². The minimum Gasteiger partial charge on any atom is -0.479 e. The zero-order valence-corrected chi connectivity index (χ0v) is 6.94. The van der Waals surface area contributed by atoms with Crippen LogP contribution >= 0.6 is 0 Å². The molecule has 0 aromatic rings. The zero-order valence-electron chi connectivity index (χ0n) is 6.94. The molecular formula is C8H15NO3. The van der Waals surface area contributed by atoms with Gasteiger partial charge in [0, 0.05) is 6.04 Å². The van der Waals surface area contributed by atoms with Crippen molar-refractivity contribution in [1.29, 1.82) is 0 Å². The standard InChI is InChI=1S/C8H15NO3/c9-6(7(10)8(11)12)4-5-2-1-3-5/h5-7,10H,1-4,9H2,(H,11,12). The van der Waals surface area contributed by atoms with E-state index in [1.165, 1.54) is 6.42 Å². The third kappa shape index (κ3) is 2.19. The molecule has 1 aliphatic carbocycles. The molecule has 2 unspecified atom stereocenters. The highest BCUT2D eigenvalue weighted by molar-refractivity contribution is 5.72. The van der Waals surface area contributed by atoms with Gasteiger partial charge < -0.3 is 15.9 Å². The molecule has 0 heterocycles. The van der Waals surface area contributed by atoms with E-state index < -0.39 is 18.1 Å². The first-order chi connectivity index (χ1) is 5.61. The summed E-state index contributed by atoms with van der Waals surface area (Å²) in [6.07, 6.45) is 2.69. The van der Waals surface area contributed by atoms with Crippen LogP contribution < -0.4 is 5.73 Å². The summed E-state index contributed by atoms with van der Waals surface area (Å²) in [6, 6.07) is -0.604. The van der Waals surface area contributed by atoms with Gasteiger partial charge in [-0.25, -0.2) is 4.79 Å². The molecule has 0 aromatic heterocycles. The van der Waals surface area contributed by atoms with E-state index in [0.717, 1.165) is 12.8 Å². The van der Waals surface area contributed by atoms with Crippen LogP contribution in [0.15, 0.2) is 0 Å². The maximum absolute atomic E-state index is 10.3. The molecule has 1 aliphatic rings. The van der Waals surface area contributed by atoms with Gasteiger partial charge in [-0.05, 0) is 12.3 Å². The summed E-state index contributed by atoms with van der Waals surface area (Å²) in [4.78, 5) is 10.3. The molecule has 4 nitrogen and oxygen atoms in total. The van der Waals surface area contributed by atoms with Gasteiger partial charge in [-0.15, -0.1) is 0 Å². The monoisotopic (exact) mass is 173 g/mol. The van der Waals surface area contributed by atoms with E-state index in [2.05, 4.69) is 0 Å². The summed E-state index contributed by atoms with van der Waals surface area (Å²) in [6.45, 7) is 0. The molecule has 1 saturated carbocycles. The minimum absolute atomic E-state index is 0.536. The van der Waals surface area contributed by atoms with E-state index in [1.807, 2.05) is 0 Å². The number of carboxylic acids is 1. The largest absolute Gasteiger partial charge is 0.479 e. The predicted octanol–water partition coefficient (Wildman–Crippen LogP) is -0.0506. The number of nitrogens with two attached hydrogens (primary N) is 1. The third-order valence-corrected chi connectivity index (χ3v) is 2.49. The molecule has 0 amide bonds. The molecule has 0 saturated heterocycles. The first-order valence-electron chi connectivity index (χ1n) is 4.27. The lowest BCUT2D eigenvalue weighted by Crippen LogP contribution is -2.42. The Kier molecular flexibility index (Phi) is 3.05. The highest BCUT2D eigenvalue weighted by Gasteiger charge is 2.27. The highest BCUT2D eigenvalue weighted by atomic mass is 16.4. The normalized spacial score (nSPS) is 22.8. The number of hydrogen-bond acceptors (Lipinski definition) is 3. The fourth-order valence-electron chi connectivity index (χ4n) is 1.43. The van der Waals surface area contributed by atoms with Crippen LogP contribution in [0.25, 0.3) is 0 Å². The Morgan fingerprint density at radius 3 is 2.50 bits per heavy atom. The average molecular weight is 173 g/mol. The van der Waals surface area contributed by atoms with E-state index in [1.54, 1.807) is 0 Å². The lowest BCUT2D eigenvalue weighted by atomic mass is 9.80. The van der Waals surface area contributed by atoms with E-state index >= 15 is 0 Å². The molecule has 0 bridgehead atoms. The second kappa shape index (κ2) is 3.87. The van der Waals surface area contributed by atoms with Crippen molar-refractivity contribution in [2.45, 2.75) is 37.8 Å². The summed E-state index contributed by atoms with van der Waals surface area (Å²) in [5, 5.41) is 17.5. The van der Waals surface area contributed by atoms with Crippen molar-refractivity contribution in [2.75, 3.05) is 0 Å². The quantitative estimate of drug-likeness (QED) is 0.556. The summed E-state index contributed by atoms with van der Waals surface area (Å²) in [5.41, 5.74) is 5.50. The van der Waals surface area contributed by atoms with Crippen LogP contribution in [-0.4, -0.2) is 28.3 Å². The van der Waals surface area contributed by atoms with Crippen molar-refractivity contribution in [3.8, 4) is 0 Å². The topological polar surface area (TPSA) is 83.5 Å². The summed E-state index contributed by atoms with van der Waals surface area (Å²) >= 11 is 0. The molecular weight excluding hydrogens is 158 g/mol. The molecule has 4 N–H and O–H groups in total. The maximum Gasteiger partial charge on any atom is 0.334 e. The Bertz CT molecular complexity index is 168. The van der Waals surface area contributed by atoms with Gasteiger partial charge in [0.25, 0.3) is 0 Å². The van der Waals surface area contributed by atoms with Crippen LogP contribution in [0.1, 0.15) is 25.7 Å². The Balaban J connectivity index is 2.25. The Morgan fingerprint density at radius 1 is 1.58 bits per heavy atom. The molecule has 70 valence electrons. The van der Waals surface area contributed by atoms with E-state index in [4.69, 9.17) is 15.9 Å². The lowest BCUT2D eigenvalue weighted by Gasteiger charge is -2.28. The van der Waals surface area contributed by atoms with Gasteiger partial charge >= 0.3 is 5.97 Å². The Morgan fingerprint density at radius 2 is 2.17 bits per heavy atom. The fraction of sp³-hybridized carbons (Fsp3) is 0.875. The van der Waals surface area contributed by atoms with Gasteiger partial charge in [-0.1, -0.05) is 19.3 Å². The first kappa shape index (κ1) is 9.48. The van der Waals surface area contributed by atoms with Crippen LogP contribution in [0, 0.1) is 5.92 Å². The first-order valence-corrected chi connectivity index (χ1v) is 4.27. The van der Waals surface area contributed by atoms with E-state index in [-0.39, 0.29) is 0 Å². The van der Waals surface area contributed by atoms with Gasteiger partial charge in [0.15, 0.2) is 6.10 Å². The molecule has 12 heavy (non-hydrogen) atoms. The van der Waals surface area contributed by atoms with Gasteiger partial charge in [0.05, 0.1) is 0 Å². The fourth-order valence-corrected chi connectivity index (χ4v) is 1.43. The smallest absolute Gasteiger partial charge is 0.334 e. The lowest BCUT2D eigenvalue weighted by molar-refractivity contribution is -0.148. The van der Waals surface area contributed by atoms with Crippen LogP contribution in [0.3, 0.4) is 0 Å². The number of hydrogen-bond donors (Lipinski definition) is 3. The van der Waals surface area contributed by atoms with Crippen molar-refractivity contribution in [3.05, 3.63) is 0 Å². The van der Waals surface area contributed by atoms with E-state index in [0.29, 0.717) is 12.3 Å². The van der Waals surface area contributed by atoms with Crippen molar-refractivity contribution >= 4 is 5.97 Å². The third-order valence-electron chi connectivity index (χ3n) is 2.49. The van der Waals surface area contributed by atoms with Crippen molar-refractivity contribution < 1.29 is 15.0 Å². The van der Waals surface area contributed by atoms with Crippen LogP contribution in [0.4, 0.5) is 0 Å². The molecule has 1 fully saturated rings. The summed E-state index contributed by atoms with van der Waals surface area (Å²) < 4.78 is 0. The number of aliphatic carboxylic acids is 1. The zero-order chi connectivity index (χ0) is 9.14. The molecule has 4 heteroatoms. The summed E-state index contributed by atoms with van der Waals surface area (Å²) in [5.74, 6) is -0.684. The number of carboxylic acid groups (broad SMARTS) is 1. The van der Waals surface area contributed by atoms with Crippen LogP contribution in [-0.2, 0) is 4.79 Å². The molecule has 1 rings (SSSR count). The van der Waals surface area contributed by atoms with Gasteiger partial charge in [0.2, 0.25) is 0 Å². The molecule has 0 radical (unpaired) electrons. The Labute approximate surface area is 71.4 Å². The summed E-state index contributed by atoms with van der Waals surface area (Å²) in [7, 11) is 0. The molecule has 2 atom stereocenters. The number of aliphatic hydroxyl groups is 1.